The molecule has 1 atom stereocenters. The standard InChI is InChI=1S/C14H15ClN2O4/c1-8-2-3-11(9(15)6-8)17-5-4-10(14(17)21)16-12(18)7-13(19)20/h2-3,6,10H,4-5,7H2,1H3,(H,16,18)(H,19,20). The minimum absolute atomic E-state index is 0.278. The number of amides is 2. The number of carbonyl (C=O) groups is 3. The van der Waals surface area contributed by atoms with Gasteiger partial charge in [-0.2, -0.15) is 0 Å². The monoisotopic (exact) mass is 310 g/mol. The molecule has 21 heavy (non-hydrogen) atoms. The summed E-state index contributed by atoms with van der Waals surface area (Å²) in [4.78, 5) is 35.7. The van der Waals surface area contributed by atoms with E-state index < -0.39 is 24.3 Å². The smallest absolute Gasteiger partial charge is 0.312 e. The van der Waals surface area contributed by atoms with Crippen LogP contribution in [0.4, 0.5) is 5.69 Å². The Morgan fingerprint density at radius 2 is 2.19 bits per heavy atom. The molecule has 1 aliphatic rings. The van der Waals surface area contributed by atoms with Gasteiger partial charge in [-0.1, -0.05) is 17.7 Å². The second-order valence-corrected chi connectivity index (χ2v) is 5.33. The lowest BCUT2D eigenvalue weighted by Crippen LogP contribution is -2.42. The van der Waals surface area contributed by atoms with Gasteiger partial charge in [0.2, 0.25) is 11.8 Å². The Kier molecular flexibility index (Phi) is 4.47. The summed E-state index contributed by atoms with van der Waals surface area (Å²) in [7, 11) is 0. The number of benzene rings is 1. The molecule has 112 valence electrons. The van der Waals surface area contributed by atoms with Crippen molar-refractivity contribution in [2.45, 2.75) is 25.8 Å². The van der Waals surface area contributed by atoms with E-state index in [4.69, 9.17) is 16.7 Å². The van der Waals surface area contributed by atoms with Gasteiger partial charge in [-0.05, 0) is 31.0 Å². The summed E-state index contributed by atoms with van der Waals surface area (Å²) < 4.78 is 0. The molecule has 0 spiro atoms. The molecule has 1 aliphatic heterocycles. The molecule has 6 nitrogen and oxygen atoms in total. The van der Waals surface area contributed by atoms with Crippen LogP contribution in [0.5, 0.6) is 0 Å². The fraction of sp³-hybridized carbons (Fsp3) is 0.357. The van der Waals surface area contributed by atoms with Crippen molar-refractivity contribution in [2.24, 2.45) is 0 Å². The molecule has 2 amide bonds. The lowest BCUT2D eigenvalue weighted by molar-refractivity contribution is -0.141. The van der Waals surface area contributed by atoms with Crippen molar-refractivity contribution in [3.8, 4) is 0 Å². The molecule has 0 saturated carbocycles. The summed E-state index contributed by atoms with van der Waals surface area (Å²) in [6.07, 6.45) is -0.219. The van der Waals surface area contributed by atoms with Crippen molar-refractivity contribution in [1.82, 2.24) is 5.32 Å². The number of hydrogen-bond acceptors (Lipinski definition) is 3. The van der Waals surface area contributed by atoms with Crippen LogP contribution >= 0.6 is 11.6 Å². The van der Waals surface area contributed by atoms with Crippen LogP contribution in [0.1, 0.15) is 18.4 Å². The fourth-order valence-corrected chi connectivity index (χ4v) is 2.60. The SMILES string of the molecule is Cc1ccc(N2CCC(NC(=O)CC(=O)O)C2=O)c(Cl)c1. The molecule has 1 aromatic carbocycles. The molecule has 0 bridgehead atoms. The third kappa shape index (κ3) is 3.52. The molecule has 1 fully saturated rings. The highest BCUT2D eigenvalue weighted by Gasteiger charge is 2.34. The van der Waals surface area contributed by atoms with Gasteiger partial charge in [0.05, 0.1) is 10.7 Å². The number of anilines is 1. The van der Waals surface area contributed by atoms with Crippen molar-refractivity contribution in [2.75, 3.05) is 11.4 Å². The van der Waals surface area contributed by atoms with Gasteiger partial charge in [-0.15, -0.1) is 0 Å². The minimum Gasteiger partial charge on any atom is -0.481 e. The van der Waals surface area contributed by atoms with Crippen LogP contribution in [0.15, 0.2) is 18.2 Å². The molecule has 1 aromatic rings. The van der Waals surface area contributed by atoms with Gasteiger partial charge < -0.3 is 15.3 Å². The third-order valence-electron chi connectivity index (χ3n) is 3.25. The molecule has 0 radical (unpaired) electrons. The zero-order valence-electron chi connectivity index (χ0n) is 11.4. The van der Waals surface area contributed by atoms with Gasteiger partial charge in [0, 0.05) is 6.54 Å². The average molecular weight is 311 g/mol. The highest BCUT2D eigenvalue weighted by Crippen LogP contribution is 2.30. The summed E-state index contributed by atoms with van der Waals surface area (Å²) in [6, 6.07) is 4.68. The van der Waals surface area contributed by atoms with E-state index in [9.17, 15) is 14.4 Å². The molecule has 1 heterocycles. The fourth-order valence-electron chi connectivity index (χ4n) is 2.27. The normalized spacial score (nSPS) is 17.9. The van der Waals surface area contributed by atoms with Crippen LogP contribution < -0.4 is 10.2 Å². The van der Waals surface area contributed by atoms with Crippen LogP contribution in [0, 0.1) is 6.92 Å². The Balaban J connectivity index is 2.07. The number of rotatable bonds is 4. The zero-order valence-corrected chi connectivity index (χ0v) is 12.2. The maximum Gasteiger partial charge on any atom is 0.312 e. The second kappa shape index (κ2) is 6.13. The van der Waals surface area contributed by atoms with E-state index in [1.807, 2.05) is 13.0 Å². The van der Waals surface area contributed by atoms with E-state index in [1.54, 1.807) is 12.1 Å². The lowest BCUT2D eigenvalue weighted by atomic mass is 10.2. The number of aliphatic carboxylic acids is 1. The molecule has 0 aliphatic carbocycles. The molecule has 1 unspecified atom stereocenters. The predicted octanol–water partition coefficient (Wildman–Crippen LogP) is 1.34. The largest absolute Gasteiger partial charge is 0.481 e. The summed E-state index contributed by atoms with van der Waals surface area (Å²) in [6.45, 7) is 2.33. The van der Waals surface area contributed by atoms with Gasteiger partial charge in [-0.3, -0.25) is 14.4 Å². The van der Waals surface area contributed by atoms with Crippen molar-refractivity contribution >= 4 is 35.1 Å². The molecular weight excluding hydrogens is 296 g/mol. The zero-order chi connectivity index (χ0) is 15.6. The van der Waals surface area contributed by atoms with E-state index in [1.165, 1.54) is 4.90 Å². The number of nitrogens with one attached hydrogen (secondary N) is 1. The predicted molar refractivity (Wildman–Crippen MR) is 77.3 cm³/mol. The van der Waals surface area contributed by atoms with Crippen LogP contribution in [0.25, 0.3) is 0 Å². The van der Waals surface area contributed by atoms with E-state index in [-0.39, 0.29) is 5.91 Å². The summed E-state index contributed by atoms with van der Waals surface area (Å²) in [5.74, 6) is -2.17. The minimum atomic E-state index is -1.23. The average Bonchev–Trinajstić information content (AvgIpc) is 2.70. The molecular formula is C14H15ClN2O4. The first-order chi connectivity index (χ1) is 9.88. The molecule has 1 saturated heterocycles. The number of aryl methyl sites for hydroxylation is 1. The Hall–Kier alpha value is -2.08. The third-order valence-corrected chi connectivity index (χ3v) is 3.55. The first-order valence-corrected chi connectivity index (χ1v) is 6.85. The van der Waals surface area contributed by atoms with Crippen LogP contribution in [-0.2, 0) is 14.4 Å². The number of halogens is 1. The van der Waals surface area contributed by atoms with Gasteiger partial charge in [0.15, 0.2) is 0 Å². The number of nitrogens with zero attached hydrogens (tertiary/aromatic N) is 1. The van der Waals surface area contributed by atoms with Crippen molar-refractivity contribution in [3.05, 3.63) is 28.8 Å². The summed E-state index contributed by atoms with van der Waals surface area (Å²) in [5.41, 5.74) is 1.59. The van der Waals surface area contributed by atoms with Crippen LogP contribution in [0.2, 0.25) is 5.02 Å². The Bertz CT molecular complexity index is 603. The number of carboxylic acid groups (broad SMARTS) is 1. The molecule has 7 heteroatoms. The van der Waals surface area contributed by atoms with Crippen molar-refractivity contribution in [3.63, 3.8) is 0 Å². The van der Waals surface area contributed by atoms with Crippen LogP contribution in [-0.4, -0.2) is 35.5 Å². The first-order valence-electron chi connectivity index (χ1n) is 6.47. The highest BCUT2D eigenvalue weighted by atomic mass is 35.5. The van der Waals surface area contributed by atoms with Crippen molar-refractivity contribution < 1.29 is 19.5 Å². The van der Waals surface area contributed by atoms with Crippen LogP contribution in [0.3, 0.4) is 0 Å². The number of carbonyl (C=O) groups excluding carboxylic acids is 2. The Morgan fingerprint density at radius 1 is 1.48 bits per heavy atom. The van der Waals surface area contributed by atoms with Gasteiger partial charge in [-0.25, -0.2) is 0 Å². The molecule has 2 rings (SSSR count). The quantitative estimate of drug-likeness (QED) is 0.822. The summed E-state index contributed by atoms with van der Waals surface area (Å²) >= 11 is 6.14. The van der Waals surface area contributed by atoms with E-state index in [2.05, 4.69) is 5.32 Å². The number of hydrogen-bond donors (Lipinski definition) is 2. The second-order valence-electron chi connectivity index (χ2n) is 4.92. The van der Waals surface area contributed by atoms with Gasteiger partial charge in [0.25, 0.3) is 0 Å². The van der Waals surface area contributed by atoms with E-state index >= 15 is 0 Å². The first kappa shape index (κ1) is 15.3. The number of carboxylic acids is 1. The maximum atomic E-state index is 12.3. The Labute approximate surface area is 126 Å². The lowest BCUT2D eigenvalue weighted by Gasteiger charge is -2.18. The van der Waals surface area contributed by atoms with E-state index in [0.29, 0.717) is 23.7 Å². The van der Waals surface area contributed by atoms with Gasteiger partial charge >= 0.3 is 5.97 Å². The maximum absolute atomic E-state index is 12.3. The highest BCUT2D eigenvalue weighted by molar-refractivity contribution is 6.34. The molecule has 0 aromatic heterocycles. The van der Waals surface area contributed by atoms with Gasteiger partial charge in [0.1, 0.15) is 12.5 Å². The Morgan fingerprint density at radius 3 is 2.81 bits per heavy atom. The molecule has 2 N–H and O–H groups in total. The van der Waals surface area contributed by atoms with E-state index in [0.717, 1.165) is 5.56 Å². The van der Waals surface area contributed by atoms with Crippen molar-refractivity contribution in [1.29, 1.82) is 0 Å². The summed E-state index contributed by atoms with van der Waals surface area (Å²) in [5, 5.41) is 11.5. The topological polar surface area (TPSA) is 86.7 Å².